The fraction of sp³-hybridized carbons (Fsp3) is 0.864. The number of fused-ring (bicyclic) bond motifs is 1. The van der Waals surface area contributed by atoms with Crippen molar-refractivity contribution in [1.29, 1.82) is 0 Å². The maximum Gasteiger partial charge on any atom is 0.407 e. The summed E-state index contributed by atoms with van der Waals surface area (Å²) in [5.41, 5.74) is -0.666. The average Bonchev–Trinajstić information content (AvgIpc) is 3.26. The number of carbonyl (C=O) groups is 1. The number of hydrogen-bond donors (Lipinski definition) is 1. The molecule has 0 spiro atoms. The summed E-state index contributed by atoms with van der Waals surface area (Å²) in [4.78, 5) is 19.6. The lowest BCUT2D eigenvalue weighted by Gasteiger charge is -2.45. The normalized spacial score (nSPS) is 37.4. The molecular formula is C22H35F3N6O3S. The molecule has 0 bridgehead atoms. The molecule has 0 aromatic carbocycles. The SMILES string of the molecule is CC1CC(C2C=NCC(S(=O)(=O)N(C)C)C2)NC2C1C(=O)N(C1C=NN(CC(F)(F)F)C1)C2(C)C. The Hall–Kier alpha value is -1.73. The molecule has 2 saturated heterocycles. The van der Waals surface area contributed by atoms with E-state index >= 15 is 0 Å². The van der Waals surface area contributed by atoms with E-state index in [1.807, 2.05) is 27.0 Å². The highest BCUT2D eigenvalue weighted by Gasteiger charge is 2.60. The second-order valence-corrected chi connectivity index (χ2v) is 13.4. The van der Waals surface area contributed by atoms with Crippen LogP contribution >= 0.6 is 0 Å². The third-order valence-electron chi connectivity index (χ3n) is 7.98. The second-order valence-electron chi connectivity index (χ2n) is 11.0. The van der Waals surface area contributed by atoms with Crippen molar-refractivity contribution in [3.63, 3.8) is 0 Å². The number of halogens is 3. The summed E-state index contributed by atoms with van der Waals surface area (Å²) in [5, 5.41) is 7.92. The van der Waals surface area contributed by atoms with E-state index in [0.29, 0.717) is 12.8 Å². The number of nitrogens with zero attached hydrogens (tertiary/aromatic N) is 5. The maximum absolute atomic E-state index is 13.6. The van der Waals surface area contributed by atoms with Crippen LogP contribution in [0.5, 0.6) is 0 Å². The van der Waals surface area contributed by atoms with Crippen molar-refractivity contribution in [2.75, 3.05) is 33.7 Å². The molecule has 1 amide bonds. The summed E-state index contributed by atoms with van der Waals surface area (Å²) in [6.45, 7) is 4.99. The zero-order chi connectivity index (χ0) is 25.9. The van der Waals surface area contributed by atoms with Gasteiger partial charge in [-0.15, -0.1) is 0 Å². The molecule has 13 heteroatoms. The van der Waals surface area contributed by atoms with E-state index in [9.17, 15) is 26.4 Å². The van der Waals surface area contributed by atoms with Gasteiger partial charge in [0, 0.05) is 44.5 Å². The van der Waals surface area contributed by atoms with E-state index in [-0.39, 0.29) is 48.8 Å². The van der Waals surface area contributed by atoms with Crippen LogP contribution in [0.1, 0.15) is 33.6 Å². The molecule has 35 heavy (non-hydrogen) atoms. The van der Waals surface area contributed by atoms with Crippen LogP contribution in [0.3, 0.4) is 0 Å². The standard InChI is InChI=1S/C22H35F3N6O3S/c1-13-6-17(14-7-16(10-26-8-14)35(33,34)29(4)5)28-19-18(13)20(32)31(21(19,2)3)15-9-27-30(11-15)12-22(23,24)25/h8-9,13-19,28H,6-7,10-12H2,1-5H3. The molecule has 9 nitrogen and oxygen atoms in total. The van der Waals surface area contributed by atoms with Gasteiger partial charge in [-0.05, 0) is 32.6 Å². The van der Waals surface area contributed by atoms with Crippen molar-refractivity contribution in [3.05, 3.63) is 0 Å². The van der Waals surface area contributed by atoms with Crippen molar-refractivity contribution in [1.82, 2.24) is 19.5 Å². The third-order valence-corrected chi connectivity index (χ3v) is 10.2. The molecule has 0 aliphatic carbocycles. The van der Waals surface area contributed by atoms with Crippen LogP contribution in [-0.2, 0) is 14.8 Å². The number of amides is 1. The molecule has 7 atom stereocenters. The molecule has 4 rings (SSSR count). The predicted octanol–water partition coefficient (Wildman–Crippen LogP) is 1.17. The number of rotatable bonds is 5. The number of alkyl halides is 3. The van der Waals surface area contributed by atoms with Gasteiger partial charge in [0.15, 0.2) is 0 Å². The lowest BCUT2D eigenvalue weighted by Crippen LogP contribution is -2.62. The molecule has 0 aromatic heterocycles. The zero-order valence-corrected chi connectivity index (χ0v) is 21.6. The van der Waals surface area contributed by atoms with Crippen LogP contribution in [-0.4, -0.2) is 110 Å². The molecule has 0 aromatic rings. The van der Waals surface area contributed by atoms with Crippen molar-refractivity contribution in [2.24, 2.45) is 27.8 Å². The van der Waals surface area contributed by atoms with E-state index in [4.69, 9.17) is 0 Å². The lowest BCUT2D eigenvalue weighted by atomic mass is 9.72. The minimum Gasteiger partial charge on any atom is -0.326 e. The van der Waals surface area contributed by atoms with Crippen LogP contribution in [0.15, 0.2) is 10.1 Å². The van der Waals surface area contributed by atoms with Gasteiger partial charge in [0.2, 0.25) is 15.9 Å². The Balaban J connectivity index is 1.51. The quantitative estimate of drug-likeness (QED) is 0.587. The van der Waals surface area contributed by atoms with Gasteiger partial charge in [-0.2, -0.15) is 18.3 Å². The van der Waals surface area contributed by atoms with Gasteiger partial charge in [0.25, 0.3) is 0 Å². The monoisotopic (exact) mass is 520 g/mol. The topological polar surface area (TPSA) is 97.7 Å². The van der Waals surface area contributed by atoms with Crippen molar-refractivity contribution in [3.8, 4) is 0 Å². The van der Waals surface area contributed by atoms with Gasteiger partial charge >= 0.3 is 6.18 Å². The summed E-state index contributed by atoms with van der Waals surface area (Å²) in [7, 11) is -0.391. The Kier molecular flexibility index (Phi) is 6.76. The minimum atomic E-state index is -4.37. The Bertz CT molecular complexity index is 999. The molecular weight excluding hydrogens is 485 g/mol. The number of likely N-dealkylation sites (tertiary alicyclic amines) is 1. The molecule has 1 N–H and O–H groups in total. The first-order valence-corrected chi connectivity index (χ1v) is 13.5. The number of hydrazone groups is 1. The first kappa shape index (κ1) is 26.3. The van der Waals surface area contributed by atoms with Gasteiger partial charge in [-0.25, -0.2) is 12.7 Å². The summed E-state index contributed by atoms with van der Waals surface area (Å²) in [6.07, 6.45) is 0.0439. The number of hydrogen-bond acceptors (Lipinski definition) is 7. The molecule has 0 saturated carbocycles. The van der Waals surface area contributed by atoms with Gasteiger partial charge in [-0.1, -0.05) is 6.92 Å². The van der Waals surface area contributed by atoms with Gasteiger partial charge in [0.05, 0.1) is 35.8 Å². The Morgan fingerprint density at radius 1 is 1.23 bits per heavy atom. The Morgan fingerprint density at radius 3 is 2.54 bits per heavy atom. The minimum absolute atomic E-state index is 0.00525. The summed E-state index contributed by atoms with van der Waals surface area (Å²) >= 11 is 0. The number of piperidine rings is 1. The number of sulfonamides is 1. The Morgan fingerprint density at radius 2 is 1.91 bits per heavy atom. The highest BCUT2D eigenvalue weighted by molar-refractivity contribution is 7.89. The molecule has 7 unspecified atom stereocenters. The Labute approximate surface area is 204 Å². The molecule has 2 fully saturated rings. The van der Waals surface area contributed by atoms with E-state index in [0.717, 1.165) is 5.01 Å². The second kappa shape index (κ2) is 8.98. The average molecular weight is 521 g/mol. The van der Waals surface area contributed by atoms with Crippen LogP contribution in [0.2, 0.25) is 0 Å². The predicted molar refractivity (Wildman–Crippen MR) is 127 cm³/mol. The summed E-state index contributed by atoms with van der Waals surface area (Å²) in [6, 6.07) is -0.821. The summed E-state index contributed by atoms with van der Waals surface area (Å²) in [5.74, 6) is -0.462. The first-order chi connectivity index (χ1) is 16.1. The fourth-order valence-electron chi connectivity index (χ4n) is 6.27. The lowest BCUT2D eigenvalue weighted by molar-refractivity contribution is -0.146. The molecule has 0 radical (unpaired) electrons. The number of carbonyl (C=O) groups excluding carboxylic acids is 1. The molecule has 4 aliphatic heterocycles. The summed E-state index contributed by atoms with van der Waals surface area (Å²) < 4.78 is 65.2. The largest absolute Gasteiger partial charge is 0.407 e. The number of nitrogens with one attached hydrogen (secondary N) is 1. The highest BCUT2D eigenvalue weighted by Crippen LogP contribution is 2.45. The smallest absolute Gasteiger partial charge is 0.326 e. The molecule has 4 heterocycles. The van der Waals surface area contributed by atoms with E-state index in [1.165, 1.54) is 24.6 Å². The number of aliphatic imine (C=N–C) groups is 1. The van der Waals surface area contributed by atoms with Crippen LogP contribution in [0, 0.1) is 17.8 Å². The van der Waals surface area contributed by atoms with E-state index in [2.05, 4.69) is 15.4 Å². The third kappa shape index (κ3) is 4.83. The van der Waals surface area contributed by atoms with E-state index in [1.54, 1.807) is 4.90 Å². The van der Waals surface area contributed by atoms with Gasteiger partial charge in [0.1, 0.15) is 6.54 Å². The first-order valence-electron chi connectivity index (χ1n) is 12.0. The van der Waals surface area contributed by atoms with Gasteiger partial charge < -0.3 is 10.2 Å². The van der Waals surface area contributed by atoms with Crippen molar-refractivity contribution < 1.29 is 26.4 Å². The highest BCUT2D eigenvalue weighted by atomic mass is 32.2. The van der Waals surface area contributed by atoms with Crippen LogP contribution in [0.4, 0.5) is 13.2 Å². The van der Waals surface area contributed by atoms with Crippen LogP contribution < -0.4 is 5.32 Å². The molecule has 4 aliphatic rings. The zero-order valence-electron chi connectivity index (χ0n) is 20.7. The van der Waals surface area contributed by atoms with E-state index < -0.39 is 39.6 Å². The molecule has 198 valence electrons. The fourth-order valence-corrected chi connectivity index (χ4v) is 7.60. The van der Waals surface area contributed by atoms with Crippen molar-refractivity contribution >= 4 is 28.4 Å². The van der Waals surface area contributed by atoms with Gasteiger partial charge in [-0.3, -0.25) is 14.8 Å². The van der Waals surface area contributed by atoms with Crippen molar-refractivity contribution in [2.45, 2.75) is 68.7 Å². The maximum atomic E-state index is 13.6. The van der Waals surface area contributed by atoms with Crippen LogP contribution in [0.25, 0.3) is 0 Å².